The molecule has 1 aromatic carbocycles. The van der Waals surface area contributed by atoms with Crippen molar-refractivity contribution in [3.8, 4) is 0 Å². The van der Waals surface area contributed by atoms with Crippen LogP contribution < -0.4 is 4.90 Å². The number of hydrogen-bond donors (Lipinski definition) is 1. The van der Waals surface area contributed by atoms with Crippen molar-refractivity contribution in [2.75, 3.05) is 18.0 Å². The van der Waals surface area contributed by atoms with E-state index in [4.69, 9.17) is 0 Å². The van der Waals surface area contributed by atoms with Gasteiger partial charge in [-0.15, -0.1) is 12.4 Å². The molecule has 0 saturated heterocycles. The molecule has 1 N–H and O–H groups in total. The van der Waals surface area contributed by atoms with E-state index in [1.807, 2.05) is 6.92 Å². The second kappa shape index (κ2) is 5.38. The summed E-state index contributed by atoms with van der Waals surface area (Å²) in [7, 11) is 0. The van der Waals surface area contributed by atoms with Crippen LogP contribution in [0.3, 0.4) is 0 Å². The first kappa shape index (κ1) is 12.3. The number of anilines is 1. The Morgan fingerprint density at radius 1 is 1.40 bits per heavy atom. The van der Waals surface area contributed by atoms with Gasteiger partial charge in [0.2, 0.25) is 0 Å². The Kier molecular flexibility index (Phi) is 4.43. The molecule has 1 aliphatic heterocycles. The number of benzene rings is 1. The van der Waals surface area contributed by atoms with Crippen LogP contribution in [-0.4, -0.2) is 24.3 Å². The molecule has 1 aromatic rings. The maximum atomic E-state index is 9.60. The van der Waals surface area contributed by atoms with E-state index >= 15 is 0 Å². The maximum absolute atomic E-state index is 9.60. The zero-order valence-corrected chi connectivity index (χ0v) is 9.83. The van der Waals surface area contributed by atoms with E-state index in [2.05, 4.69) is 29.2 Å². The van der Waals surface area contributed by atoms with E-state index in [9.17, 15) is 5.11 Å². The molecule has 84 valence electrons. The van der Waals surface area contributed by atoms with Gasteiger partial charge in [-0.2, -0.15) is 0 Å². The fourth-order valence-electron chi connectivity index (χ4n) is 1.98. The van der Waals surface area contributed by atoms with Crippen molar-refractivity contribution >= 4 is 18.1 Å². The molecule has 0 amide bonds. The maximum Gasteiger partial charge on any atom is 0.0712 e. The summed E-state index contributed by atoms with van der Waals surface area (Å²) in [6, 6.07) is 8.46. The summed E-state index contributed by atoms with van der Waals surface area (Å²) in [5.74, 6) is 0. The van der Waals surface area contributed by atoms with Crippen molar-refractivity contribution in [3.05, 3.63) is 29.8 Å². The third-order valence-corrected chi connectivity index (χ3v) is 2.89. The molecule has 1 unspecified atom stereocenters. The van der Waals surface area contributed by atoms with E-state index in [-0.39, 0.29) is 18.5 Å². The summed E-state index contributed by atoms with van der Waals surface area (Å²) < 4.78 is 0. The second-order valence-corrected chi connectivity index (χ2v) is 3.89. The quantitative estimate of drug-likeness (QED) is 0.856. The van der Waals surface area contributed by atoms with Gasteiger partial charge in [0.25, 0.3) is 0 Å². The van der Waals surface area contributed by atoms with Gasteiger partial charge in [-0.1, -0.05) is 25.1 Å². The topological polar surface area (TPSA) is 23.5 Å². The number of rotatable bonds is 3. The number of halogens is 1. The average Bonchev–Trinajstić information content (AvgIpc) is 2.62. The van der Waals surface area contributed by atoms with Crippen LogP contribution in [0.5, 0.6) is 0 Å². The minimum absolute atomic E-state index is 0. The molecule has 1 heterocycles. The van der Waals surface area contributed by atoms with Crippen LogP contribution in [0, 0.1) is 0 Å². The number of para-hydroxylation sites is 1. The van der Waals surface area contributed by atoms with Crippen LogP contribution in [0.2, 0.25) is 0 Å². The minimum atomic E-state index is -0.193. The van der Waals surface area contributed by atoms with Gasteiger partial charge in [0.15, 0.2) is 0 Å². The predicted molar refractivity (Wildman–Crippen MR) is 65.9 cm³/mol. The Morgan fingerprint density at radius 3 is 2.87 bits per heavy atom. The highest BCUT2D eigenvalue weighted by Gasteiger charge is 2.19. The van der Waals surface area contributed by atoms with Crippen LogP contribution in [0.1, 0.15) is 18.9 Å². The first-order valence-corrected chi connectivity index (χ1v) is 5.32. The zero-order chi connectivity index (χ0) is 9.97. The minimum Gasteiger partial charge on any atom is -0.391 e. The van der Waals surface area contributed by atoms with E-state index < -0.39 is 0 Å². The fraction of sp³-hybridized carbons (Fsp3) is 0.500. The number of aliphatic hydroxyl groups is 1. The summed E-state index contributed by atoms with van der Waals surface area (Å²) in [4.78, 5) is 2.28. The van der Waals surface area contributed by atoms with E-state index in [1.54, 1.807) is 0 Å². The van der Waals surface area contributed by atoms with Gasteiger partial charge in [-0.25, -0.2) is 0 Å². The Labute approximate surface area is 97.3 Å². The molecule has 1 aliphatic rings. The van der Waals surface area contributed by atoms with Crippen LogP contribution in [0.4, 0.5) is 5.69 Å². The molecule has 1 atom stereocenters. The van der Waals surface area contributed by atoms with Crippen LogP contribution in [-0.2, 0) is 6.42 Å². The normalized spacial score (nSPS) is 15.7. The molecule has 2 nitrogen and oxygen atoms in total. The zero-order valence-electron chi connectivity index (χ0n) is 9.02. The van der Waals surface area contributed by atoms with Gasteiger partial charge in [0.1, 0.15) is 0 Å². The molecule has 0 aromatic heterocycles. The first-order valence-electron chi connectivity index (χ1n) is 5.32. The van der Waals surface area contributed by atoms with Crippen molar-refractivity contribution in [2.45, 2.75) is 25.9 Å². The van der Waals surface area contributed by atoms with Crippen LogP contribution in [0.15, 0.2) is 24.3 Å². The standard InChI is InChI=1S/C12H17NO.ClH/c1-2-11(14)9-13-8-7-10-5-3-4-6-12(10)13;/h3-6,11,14H,2,7-9H2,1H3;1H. The molecule has 15 heavy (non-hydrogen) atoms. The Hall–Kier alpha value is -0.730. The molecule has 0 radical (unpaired) electrons. The van der Waals surface area contributed by atoms with E-state index in [0.717, 1.165) is 25.9 Å². The van der Waals surface area contributed by atoms with E-state index in [1.165, 1.54) is 11.3 Å². The first-order chi connectivity index (χ1) is 6.81. The average molecular weight is 228 g/mol. The summed E-state index contributed by atoms with van der Waals surface area (Å²) in [6.07, 6.45) is 1.76. The van der Waals surface area contributed by atoms with Gasteiger partial charge in [-0.05, 0) is 24.5 Å². The van der Waals surface area contributed by atoms with Crippen molar-refractivity contribution in [1.82, 2.24) is 0 Å². The monoisotopic (exact) mass is 227 g/mol. The lowest BCUT2D eigenvalue weighted by Crippen LogP contribution is -2.30. The van der Waals surface area contributed by atoms with Crippen LogP contribution >= 0.6 is 12.4 Å². The number of nitrogens with zero attached hydrogens (tertiary/aromatic N) is 1. The van der Waals surface area contributed by atoms with Crippen LogP contribution in [0.25, 0.3) is 0 Å². The van der Waals surface area contributed by atoms with E-state index in [0.29, 0.717) is 0 Å². The molecule has 2 rings (SSSR count). The third kappa shape index (κ3) is 2.64. The lowest BCUT2D eigenvalue weighted by atomic mass is 10.2. The lowest BCUT2D eigenvalue weighted by molar-refractivity contribution is 0.176. The number of fused-ring (bicyclic) bond motifs is 1. The number of β-amino-alcohol motifs (C(OH)–C–C–N with tert-alkyl or cyclic N) is 1. The summed E-state index contributed by atoms with van der Waals surface area (Å²) in [5, 5.41) is 9.60. The predicted octanol–water partition coefficient (Wildman–Crippen LogP) is 2.24. The molecule has 0 aliphatic carbocycles. The van der Waals surface area contributed by atoms with Gasteiger partial charge in [0.05, 0.1) is 6.10 Å². The number of aliphatic hydroxyl groups excluding tert-OH is 1. The SMILES string of the molecule is CCC(O)CN1CCc2ccccc21.Cl. The molecular formula is C12H18ClNO. The molecule has 3 heteroatoms. The lowest BCUT2D eigenvalue weighted by Gasteiger charge is -2.22. The van der Waals surface area contributed by atoms with Gasteiger partial charge in [-0.3, -0.25) is 0 Å². The molecule has 0 spiro atoms. The van der Waals surface area contributed by atoms with Gasteiger partial charge < -0.3 is 10.0 Å². The van der Waals surface area contributed by atoms with Crippen molar-refractivity contribution in [2.24, 2.45) is 0 Å². The number of hydrogen-bond acceptors (Lipinski definition) is 2. The molecule has 0 saturated carbocycles. The molecule has 0 fully saturated rings. The molecular weight excluding hydrogens is 210 g/mol. The highest BCUT2D eigenvalue weighted by Crippen LogP contribution is 2.27. The molecule has 0 bridgehead atoms. The van der Waals surface area contributed by atoms with Crippen molar-refractivity contribution in [1.29, 1.82) is 0 Å². The van der Waals surface area contributed by atoms with Crippen molar-refractivity contribution in [3.63, 3.8) is 0 Å². The Balaban J connectivity index is 0.00000112. The fourth-order valence-corrected chi connectivity index (χ4v) is 1.98. The second-order valence-electron chi connectivity index (χ2n) is 3.89. The summed E-state index contributed by atoms with van der Waals surface area (Å²) in [5.41, 5.74) is 2.72. The highest BCUT2D eigenvalue weighted by molar-refractivity contribution is 5.85. The smallest absolute Gasteiger partial charge is 0.0712 e. The van der Waals surface area contributed by atoms with Crippen molar-refractivity contribution < 1.29 is 5.11 Å². The summed E-state index contributed by atoms with van der Waals surface area (Å²) in [6.45, 7) is 3.84. The largest absolute Gasteiger partial charge is 0.391 e. The third-order valence-electron chi connectivity index (χ3n) is 2.89. The highest BCUT2D eigenvalue weighted by atomic mass is 35.5. The Bertz CT molecular complexity index is 316. The summed E-state index contributed by atoms with van der Waals surface area (Å²) >= 11 is 0. The van der Waals surface area contributed by atoms with Gasteiger partial charge in [0, 0.05) is 18.8 Å². The Morgan fingerprint density at radius 2 is 2.13 bits per heavy atom. The van der Waals surface area contributed by atoms with Gasteiger partial charge >= 0.3 is 0 Å².